The first-order valence-corrected chi connectivity index (χ1v) is 7.33. The van der Waals surface area contributed by atoms with E-state index in [1.165, 1.54) is 0 Å². The Morgan fingerprint density at radius 2 is 1.86 bits per heavy atom. The van der Waals surface area contributed by atoms with Crippen LogP contribution in [0.5, 0.6) is 0 Å². The molecule has 3 N–H and O–H groups in total. The van der Waals surface area contributed by atoms with Gasteiger partial charge in [0.1, 0.15) is 0 Å². The molecule has 0 spiro atoms. The highest BCUT2D eigenvalue weighted by Crippen LogP contribution is 2.28. The van der Waals surface area contributed by atoms with Crippen LogP contribution in [0, 0.1) is 5.92 Å². The first-order valence-electron chi connectivity index (χ1n) is 7.33. The monoisotopic (exact) mass is 412 g/mol. The summed E-state index contributed by atoms with van der Waals surface area (Å²) >= 11 is 0. The van der Waals surface area contributed by atoms with Crippen molar-refractivity contribution in [1.29, 1.82) is 0 Å². The molecule has 21 heavy (non-hydrogen) atoms. The minimum Gasteiger partial charge on any atom is -0.377 e. The van der Waals surface area contributed by atoms with Crippen LogP contribution < -0.4 is 16.0 Å². The number of carbonyl (C=O) groups is 1. The molecule has 1 aliphatic carbocycles. The first kappa shape index (κ1) is 20.4. The molecule has 7 heteroatoms. The van der Waals surface area contributed by atoms with Crippen molar-refractivity contribution in [2.75, 3.05) is 33.3 Å². The smallest absolute Gasteiger partial charge is 0.223 e. The molecule has 6 nitrogen and oxygen atoms in total. The Kier molecular flexibility index (Phi) is 9.93. The molecule has 1 amide bonds. The number of methoxy groups -OCH3 is 1. The van der Waals surface area contributed by atoms with Gasteiger partial charge in [0, 0.05) is 32.7 Å². The second kappa shape index (κ2) is 10.2. The lowest BCUT2D eigenvalue weighted by Crippen LogP contribution is -2.42. The van der Waals surface area contributed by atoms with E-state index in [4.69, 9.17) is 4.74 Å². The molecule has 124 valence electrons. The van der Waals surface area contributed by atoms with Crippen molar-refractivity contribution in [2.45, 2.75) is 39.2 Å². The zero-order valence-electron chi connectivity index (χ0n) is 13.5. The Balaban J connectivity index is 0.00000400. The molecule has 1 saturated carbocycles. The number of nitrogens with one attached hydrogen (secondary N) is 3. The average Bonchev–Trinajstić information content (AvgIpc) is 3.25. The van der Waals surface area contributed by atoms with Gasteiger partial charge in [0.25, 0.3) is 0 Å². The molecule has 0 radical (unpaired) electrons. The van der Waals surface area contributed by atoms with Gasteiger partial charge in [0.05, 0.1) is 12.1 Å². The summed E-state index contributed by atoms with van der Waals surface area (Å²) in [6, 6.07) is 0. The quantitative estimate of drug-likeness (QED) is 0.242. The van der Waals surface area contributed by atoms with Crippen LogP contribution in [-0.2, 0) is 9.53 Å². The lowest BCUT2D eigenvalue weighted by atomic mass is 10.1. The Morgan fingerprint density at radius 3 is 2.38 bits per heavy atom. The molecule has 0 unspecified atom stereocenters. The third kappa shape index (κ3) is 9.13. The fourth-order valence-electron chi connectivity index (χ4n) is 1.53. The first-order chi connectivity index (χ1) is 9.48. The van der Waals surface area contributed by atoms with Gasteiger partial charge in [-0.1, -0.05) is 0 Å². The largest absolute Gasteiger partial charge is 0.377 e. The van der Waals surface area contributed by atoms with Gasteiger partial charge in [-0.2, -0.15) is 0 Å². The molecule has 1 rings (SSSR count). The zero-order valence-corrected chi connectivity index (χ0v) is 15.8. The summed E-state index contributed by atoms with van der Waals surface area (Å²) in [6.45, 7) is 8.67. The van der Waals surface area contributed by atoms with Gasteiger partial charge in [-0.3, -0.25) is 9.79 Å². The maximum absolute atomic E-state index is 11.5. The number of halogens is 1. The van der Waals surface area contributed by atoms with Crippen LogP contribution in [0.25, 0.3) is 0 Å². The van der Waals surface area contributed by atoms with Crippen LogP contribution in [0.3, 0.4) is 0 Å². The number of hydrogen-bond donors (Lipinski definition) is 3. The molecule has 0 aliphatic heterocycles. The highest BCUT2D eigenvalue weighted by Gasteiger charge is 2.28. The second-order valence-corrected chi connectivity index (χ2v) is 5.65. The molecule has 0 aromatic rings. The maximum Gasteiger partial charge on any atom is 0.223 e. The van der Waals surface area contributed by atoms with E-state index >= 15 is 0 Å². The number of carbonyl (C=O) groups excluding carboxylic acids is 1. The topological polar surface area (TPSA) is 74.8 Å². The molecular formula is C14H29IN4O2. The summed E-state index contributed by atoms with van der Waals surface area (Å²) in [5.41, 5.74) is -0.275. The summed E-state index contributed by atoms with van der Waals surface area (Å²) in [4.78, 5) is 15.9. The van der Waals surface area contributed by atoms with E-state index < -0.39 is 0 Å². The van der Waals surface area contributed by atoms with Gasteiger partial charge in [0.2, 0.25) is 5.91 Å². The van der Waals surface area contributed by atoms with E-state index in [2.05, 4.69) is 20.9 Å². The Hall–Kier alpha value is -0.570. The molecule has 0 aromatic carbocycles. The van der Waals surface area contributed by atoms with Gasteiger partial charge in [-0.25, -0.2) is 0 Å². The molecule has 1 fully saturated rings. The summed E-state index contributed by atoms with van der Waals surface area (Å²) in [5, 5.41) is 9.29. The SMILES string of the molecule is CCNC(=NCC(C)(C)OC)NCCNC(=O)C1CC1.I. The molecular weight excluding hydrogens is 383 g/mol. The predicted molar refractivity (Wildman–Crippen MR) is 96.2 cm³/mol. The van der Waals surface area contributed by atoms with Crippen molar-refractivity contribution < 1.29 is 9.53 Å². The van der Waals surface area contributed by atoms with Gasteiger partial charge in [0.15, 0.2) is 5.96 Å². The van der Waals surface area contributed by atoms with E-state index in [1.807, 2.05) is 20.8 Å². The maximum atomic E-state index is 11.5. The van der Waals surface area contributed by atoms with Gasteiger partial charge >= 0.3 is 0 Å². The van der Waals surface area contributed by atoms with Gasteiger partial charge in [-0.15, -0.1) is 24.0 Å². The van der Waals surface area contributed by atoms with E-state index in [1.54, 1.807) is 7.11 Å². The van der Waals surface area contributed by atoms with E-state index in [9.17, 15) is 4.79 Å². The van der Waals surface area contributed by atoms with Crippen molar-refractivity contribution in [1.82, 2.24) is 16.0 Å². The highest BCUT2D eigenvalue weighted by molar-refractivity contribution is 14.0. The lowest BCUT2D eigenvalue weighted by molar-refractivity contribution is -0.122. The number of hydrogen-bond acceptors (Lipinski definition) is 3. The van der Waals surface area contributed by atoms with Crippen molar-refractivity contribution in [3.8, 4) is 0 Å². The number of rotatable bonds is 8. The van der Waals surface area contributed by atoms with Crippen molar-refractivity contribution in [3.05, 3.63) is 0 Å². The van der Waals surface area contributed by atoms with Crippen molar-refractivity contribution in [3.63, 3.8) is 0 Å². The third-order valence-corrected chi connectivity index (χ3v) is 3.18. The number of guanidine groups is 1. The molecule has 0 aromatic heterocycles. The lowest BCUT2D eigenvalue weighted by Gasteiger charge is -2.21. The van der Waals surface area contributed by atoms with E-state index in [0.717, 1.165) is 25.3 Å². The second-order valence-electron chi connectivity index (χ2n) is 5.65. The number of aliphatic imine (C=N–C) groups is 1. The molecule has 0 heterocycles. The predicted octanol–water partition coefficient (Wildman–Crippen LogP) is 1.11. The summed E-state index contributed by atoms with van der Waals surface area (Å²) in [5.74, 6) is 1.19. The minimum atomic E-state index is -0.275. The standard InChI is InChI=1S/C14H28N4O2.HI/c1-5-15-13(18-10-14(2,3)20-4)17-9-8-16-12(19)11-6-7-11;/h11H,5-10H2,1-4H3,(H,16,19)(H2,15,17,18);1H. The van der Waals surface area contributed by atoms with Crippen LogP contribution in [0.4, 0.5) is 0 Å². The zero-order chi connectivity index (χ0) is 15.0. The molecule has 0 bridgehead atoms. The Morgan fingerprint density at radius 1 is 1.24 bits per heavy atom. The Labute approximate surface area is 144 Å². The normalized spacial score (nSPS) is 15.1. The van der Waals surface area contributed by atoms with Crippen molar-refractivity contribution in [2.24, 2.45) is 10.9 Å². The third-order valence-electron chi connectivity index (χ3n) is 3.18. The number of ether oxygens (including phenoxy) is 1. The van der Waals surface area contributed by atoms with Crippen LogP contribution in [-0.4, -0.2) is 50.8 Å². The molecule has 1 aliphatic rings. The minimum absolute atomic E-state index is 0. The fraction of sp³-hybridized carbons (Fsp3) is 0.857. The Bertz CT molecular complexity index is 344. The van der Waals surface area contributed by atoms with Crippen LogP contribution in [0.1, 0.15) is 33.6 Å². The highest BCUT2D eigenvalue weighted by atomic mass is 127. The van der Waals surface area contributed by atoms with E-state index in [-0.39, 0.29) is 41.4 Å². The van der Waals surface area contributed by atoms with Crippen LogP contribution in [0.15, 0.2) is 4.99 Å². The fourth-order valence-corrected chi connectivity index (χ4v) is 1.53. The average molecular weight is 412 g/mol. The summed E-state index contributed by atoms with van der Waals surface area (Å²) in [7, 11) is 1.68. The van der Waals surface area contributed by atoms with Crippen LogP contribution in [0.2, 0.25) is 0 Å². The van der Waals surface area contributed by atoms with E-state index in [0.29, 0.717) is 19.6 Å². The summed E-state index contributed by atoms with van der Waals surface area (Å²) < 4.78 is 5.34. The molecule has 0 atom stereocenters. The number of nitrogens with zero attached hydrogens (tertiary/aromatic N) is 1. The van der Waals surface area contributed by atoms with Crippen LogP contribution >= 0.6 is 24.0 Å². The summed E-state index contributed by atoms with van der Waals surface area (Å²) in [6.07, 6.45) is 2.07. The van der Waals surface area contributed by atoms with Gasteiger partial charge < -0.3 is 20.7 Å². The molecule has 0 saturated heterocycles. The van der Waals surface area contributed by atoms with Crippen molar-refractivity contribution >= 4 is 35.8 Å². The number of amides is 1. The van der Waals surface area contributed by atoms with Gasteiger partial charge in [-0.05, 0) is 33.6 Å².